The van der Waals surface area contributed by atoms with Crippen LogP contribution in [0, 0.1) is 0 Å². The fraction of sp³-hybridized carbons (Fsp3) is 0.0357. The highest BCUT2D eigenvalue weighted by molar-refractivity contribution is 6.13. The summed E-state index contributed by atoms with van der Waals surface area (Å²) in [6.07, 6.45) is 2.21. The van der Waals surface area contributed by atoms with Crippen molar-refractivity contribution < 1.29 is 13.6 Å². The summed E-state index contributed by atoms with van der Waals surface area (Å²) in [5.74, 6) is 0.795. The van der Waals surface area contributed by atoms with Crippen molar-refractivity contribution in [1.82, 2.24) is 0 Å². The molecule has 288 valence electrons. The average molecular weight is 785 g/mol. The number of hydrogen-bond donors (Lipinski definition) is 0. The van der Waals surface area contributed by atoms with Crippen molar-refractivity contribution in [2.24, 2.45) is 0 Å². The molecule has 5 nitrogen and oxygen atoms in total. The molecule has 0 saturated carbocycles. The van der Waals surface area contributed by atoms with Crippen LogP contribution in [0.4, 0.5) is 28.4 Å². The van der Waals surface area contributed by atoms with Gasteiger partial charge in [0.25, 0.3) is 0 Å². The molecule has 61 heavy (non-hydrogen) atoms. The number of nitrogens with zero attached hydrogens (tertiary/aromatic N) is 2. The first-order valence-electron chi connectivity index (χ1n) is 20.8. The van der Waals surface area contributed by atoms with Gasteiger partial charge in [0.1, 0.15) is 23.0 Å². The minimum atomic E-state index is -0.225. The molecule has 9 aromatic carbocycles. The van der Waals surface area contributed by atoms with Gasteiger partial charge in [0, 0.05) is 67.0 Å². The molecule has 1 aliphatic carbocycles. The highest BCUT2D eigenvalue weighted by Crippen LogP contribution is 2.58. The summed E-state index contributed by atoms with van der Waals surface area (Å²) in [6.45, 7) is 0. The summed E-state index contributed by atoms with van der Waals surface area (Å²) in [5.41, 5.74) is 13.0. The first kappa shape index (κ1) is 33.9. The molecular formula is C56H36N2O3. The molecule has 0 saturated heterocycles. The van der Waals surface area contributed by atoms with Crippen molar-refractivity contribution in [2.75, 3.05) is 9.80 Å². The van der Waals surface area contributed by atoms with Crippen LogP contribution in [0.3, 0.4) is 0 Å². The van der Waals surface area contributed by atoms with E-state index in [0.29, 0.717) is 0 Å². The minimum absolute atomic E-state index is 0.0797. The van der Waals surface area contributed by atoms with Crippen molar-refractivity contribution in [3.05, 3.63) is 223 Å². The van der Waals surface area contributed by atoms with Crippen LogP contribution in [0.15, 0.2) is 215 Å². The summed E-state index contributed by atoms with van der Waals surface area (Å²) in [5, 5.41) is 6.65. The van der Waals surface area contributed by atoms with E-state index < -0.39 is 0 Å². The number of benzene rings is 9. The second-order valence-corrected chi connectivity index (χ2v) is 15.9. The Bertz CT molecular complexity index is 3550. The molecule has 0 radical (unpaired) electrons. The van der Waals surface area contributed by atoms with Crippen LogP contribution in [0.2, 0.25) is 0 Å². The van der Waals surface area contributed by atoms with E-state index in [1.807, 2.05) is 24.3 Å². The van der Waals surface area contributed by atoms with Gasteiger partial charge in [0.15, 0.2) is 11.2 Å². The van der Waals surface area contributed by atoms with Gasteiger partial charge in [0.05, 0.1) is 22.8 Å². The molecule has 3 heterocycles. The Hall–Kier alpha value is -8.02. The van der Waals surface area contributed by atoms with Crippen LogP contribution in [0.1, 0.15) is 28.7 Å². The van der Waals surface area contributed by atoms with E-state index in [2.05, 4.69) is 192 Å². The second kappa shape index (κ2) is 13.2. The van der Waals surface area contributed by atoms with Gasteiger partial charge in [-0.05, 0) is 60.0 Å². The highest BCUT2D eigenvalue weighted by atomic mass is 16.5. The standard InChI is InChI=1S/C56H36N2O3/c1-3-17-35(18-4-1)57(46-29-15-27-43-39-23-11-13-31-50(39)59-55(43)46)48-33-45-53-41-25-9-7-21-37(41)49(34-52(53)61-54(45)42-26-10-8-22-38(42)48)58(36-19-5-2-6-20-36)47-30-16-28-44-40-24-12-14-32-51(40)60-56(44)47/h1-34,45,54H. The zero-order valence-electron chi connectivity index (χ0n) is 32.9. The molecule has 2 aromatic heterocycles. The molecule has 2 unspecified atom stereocenters. The van der Waals surface area contributed by atoms with Crippen LogP contribution < -0.4 is 14.5 Å². The van der Waals surface area contributed by atoms with Crippen LogP contribution in [0.5, 0.6) is 5.75 Å². The van der Waals surface area contributed by atoms with Crippen molar-refractivity contribution in [3.8, 4) is 5.75 Å². The van der Waals surface area contributed by atoms with E-state index in [1.165, 1.54) is 5.56 Å². The Balaban J connectivity index is 1.05. The van der Waals surface area contributed by atoms with E-state index >= 15 is 0 Å². The molecule has 0 fully saturated rings. The number of hydrogen-bond acceptors (Lipinski definition) is 5. The van der Waals surface area contributed by atoms with E-state index in [9.17, 15) is 0 Å². The number of fused-ring (bicyclic) bond motifs is 13. The number of furan rings is 2. The Morgan fingerprint density at radius 3 is 1.56 bits per heavy atom. The zero-order chi connectivity index (χ0) is 40.0. The van der Waals surface area contributed by atoms with Crippen molar-refractivity contribution in [3.63, 3.8) is 0 Å². The van der Waals surface area contributed by atoms with Gasteiger partial charge in [-0.25, -0.2) is 0 Å². The summed E-state index contributed by atoms with van der Waals surface area (Å²) >= 11 is 0. The van der Waals surface area contributed by atoms with Crippen molar-refractivity contribution >= 4 is 88.8 Å². The predicted molar refractivity (Wildman–Crippen MR) is 249 cm³/mol. The monoisotopic (exact) mass is 784 g/mol. The normalized spacial score (nSPS) is 15.4. The van der Waals surface area contributed by atoms with E-state index in [4.69, 9.17) is 13.6 Å². The first-order valence-corrected chi connectivity index (χ1v) is 20.8. The first-order chi connectivity index (χ1) is 30.3. The van der Waals surface area contributed by atoms with Crippen LogP contribution >= 0.6 is 0 Å². The van der Waals surface area contributed by atoms with Gasteiger partial charge in [-0.3, -0.25) is 0 Å². The smallest absolute Gasteiger partial charge is 0.159 e. The molecule has 1 aliphatic heterocycles. The Kier molecular flexibility index (Phi) is 7.36. The maximum absolute atomic E-state index is 7.26. The Labute approximate surface area is 351 Å². The Morgan fingerprint density at radius 1 is 0.393 bits per heavy atom. The maximum atomic E-state index is 7.26. The summed E-state index contributed by atoms with van der Waals surface area (Å²) in [4.78, 5) is 4.71. The zero-order valence-corrected chi connectivity index (χ0v) is 32.9. The largest absolute Gasteiger partial charge is 0.484 e. The molecule has 0 N–H and O–H groups in total. The minimum Gasteiger partial charge on any atom is -0.484 e. The van der Waals surface area contributed by atoms with Gasteiger partial charge >= 0.3 is 0 Å². The average Bonchev–Trinajstić information content (AvgIpc) is 4.02. The molecule has 2 atom stereocenters. The lowest BCUT2D eigenvalue weighted by atomic mass is 9.80. The summed E-state index contributed by atoms with van der Waals surface area (Å²) in [7, 11) is 0. The molecule has 5 heteroatoms. The van der Waals surface area contributed by atoms with Crippen LogP contribution in [-0.2, 0) is 0 Å². The quantitative estimate of drug-likeness (QED) is 0.168. The topological polar surface area (TPSA) is 42.0 Å². The van der Waals surface area contributed by atoms with Crippen LogP contribution in [0.25, 0.3) is 60.3 Å². The third kappa shape index (κ3) is 5.07. The molecule has 0 bridgehead atoms. The van der Waals surface area contributed by atoms with Gasteiger partial charge < -0.3 is 23.4 Å². The van der Waals surface area contributed by atoms with Gasteiger partial charge in [-0.1, -0.05) is 146 Å². The van der Waals surface area contributed by atoms with Gasteiger partial charge in [-0.15, -0.1) is 0 Å². The van der Waals surface area contributed by atoms with E-state index in [-0.39, 0.29) is 12.0 Å². The highest BCUT2D eigenvalue weighted by Gasteiger charge is 2.42. The molecular weight excluding hydrogens is 749 g/mol. The number of para-hydroxylation sites is 6. The SMILES string of the molecule is C1=C(N(c2ccccc2)c2cccc3c2oc2ccccc23)c2ccccc2C2Oc3cc(N(c4ccccc4)c4cccc5c4oc4ccccc45)c4ccccc4c3C12. The lowest BCUT2D eigenvalue weighted by Gasteiger charge is -2.34. The number of rotatable bonds is 6. The third-order valence-corrected chi connectivity index (χ3v) is 12.6. The van der Waals surface area contributed by atoms with Crippen molar-refractivity contribution in [1.29, 1.82) is 0 Å². The van der Waals surface area contributed by atoms with Gasteiger partial charge in [0.2, 0.25) is 0 Å². The molecule has 0 spiro atoms. The number of ether oxygens (including phenoxy) is 1. The second-order valence-electron chi connectivity index (χ2n) is 15.9. The molecule has 11 aromatic rings. The van der Waals surface area contributed by atoms with Crippen LogP contribution in [-0.4, -0.2) is 0 Å². The molecule has 13 rings (SSSR count). The maximum Gasteiger partial charge on any atom is 0.159 e. The summed E-state index contributed by atoms with van der Waals surface area (Å²) in [6, 6.07) is 70.5. The van der Waals surface area contributed by atoms with Crippen molar-refractivity contribution in [2.45, 2.75) is 12.0 Å². The number of anilines is 5. The lowest BCUT2D eigenvalue weighted by Crippen LogP contribution is -2.23. The predicted octanol–water partition coefficient (Wildman–Crippen LogP) is 15.5. The fourth-order valence-electron chi connectivity index (χ4n) is 9.99. The lowest BCUT2D eigenvalue weighted by molar-refractivity contribution is 0.223. The fourth-order valence-corrected chi connectivity index (χ4v) is 9.99. The van der Waals surface area contributed by atoms with E-state index in [0.717, 1.165) is 106 Å². The van der Waals surface area contributed by atoms with Gasteiger partial charge in [-0.2, -0.15) is 0 Å². The third-order valence-electron chi connectivity index (χ3n) is 12.6. The van der Waals surface area contributed by atoms with E-state index in [1.54, 1.807) is 0 Å². The molecule has 0 amide bonds. The Morgan fingerprint density at radius 2 is 0.902 bits per heavy atom. The summed E-state index contributed by atoms with van der Waals surface area (Å²) < 4.78 is 20.7. The molecule has 2 aliphatic rings.